The van der Waals surface area contributed by atoms with E-state index < -0.39 is 0 Å². The van der Waals surface area contributed by atoms with Crippen LogP contribution in [0.25, 0.3) is 0 Å². The molecule has 0 aliphatic heterocycles. The summed E-state index contributed by atoms with van der Waals surface area (Å²) < 4.78 is 0. The maximum atomic E-state index is 3.58. The predicted molar refractivity (Wildman–Crippen MR) is 57.8 cm³/mol. The summed E-state index contributed by atoms with van der Waals surface area (Å²) in [5, 5.41) is 4.36. The summed E-state index contributed by atoms with van der Waals surface area (Å²) in [6.45, 7) is 8.02. The monoisotopic (exact) mass is 187 g/mol. The van der Waals surface area contributed by atoms with Crippen LogP contribution in [0.5, 0.6) is 0 Å². The molecule has 1 N–H and O–H groups in total. The van der Waals surface area contributed by atoms with Gasteiger partial charge in [0.1, 0.15) is 0 Å². The van der Waals surface area contributed by atoms with Crippen LogP contribution in [-0.4, -0.2) is 23.6 Å². The summed E-state index contributed by atoms with van der Waals surface area (Å²) in [6.07, 6.45) is 2.90. The van der Waals surface area contributed by atoms with Crippen LogP contribution in [-0.2, 0) is 0 Å². The van der Waals surface area contributed by atoms with Gasteiger partial charge in [0.05, 0.1) is 0 Å². The molecule has 1 saturated carbocycles. The lowest BCUT2D eigenvalue weighted by atomic mass is 10.2. The van der Waals surface area contributed by atoms with Crippen LogP contribution in [0.1, 0.15) is 33.6 Å². The van der Waals surface area contributed by atoms with Gasteiger partial charge >= 0.3 is 0 Å². The molecule has 0 aromatic heterocycles. The Morgan fingerprint density at radius 2 is 2.00 bits per heavy atom. The van der Waals surface area contributed by atoms with Crippen LogP contribution in [0.3, 0.4) is 0 Å². The van der Waals surface area contributed by atoms with Gasteiger partial charge in [0.15, 0.2) is 0 Å². The zero-order valence-corrected chi connectivity index (χ0v) is 9.29. The van der Waals surface area contributed by atoms with Crippen molar-refractivity contribution in [2.75, 3.05) is 12.3 Å². The lowest BCUT2D eigenvalue weighted by molar-refractivity contribution is 0.514. The van der Waals surface area contributed by atoms with Gasteiger partial charge in [0.2, 0.25) is 0 Å². The molecule has 0 radical (unpaired) electrons. The molecule has 0 bridgehead atoms. The van der Waals surface area contributed by atoms with E-state index in [0.717, 1.165) is 17.2 Å². The first-order valence-corrected chi connectivity index (χ1v) is 6.10. The molecule has 0 aromatic rings. The fourth-order valence-electron chi connectivity index (χ4n) is 1.34. The predicted octanol–water partition coefficient (Wildman–Crippen LogP) is 2.52. The second-order valence-corrected chi connectivity index (χ2v) is 5.68. The first kappa shape index (κ1) is 10.4. The summed E-state index contributed by atoms with van der Waals surface area (Å²) in [5.74, 6) is 2.25. The Labute approximate surface area is 80.7 Å². The highest BCUT2D eigenvalue weighted by atomic mass is 32.2. The molecule has 0 heterocycles. The van der Waals surface area contributed by atoms with Gasteiger partial charge in [-0.05, 0) is 30.9 Å². The van der Waals surface area contributed by atoms with Crippen molar-refractivity contribution in [3.05, 3.63) is 0 Å². The highest BCUT2D eigenvalue weighted by molar-refractivity contribution is 7.99. The molecule has 12 heavy (non-hydrogen) atoms. The van der Waals surface area contributed by atoms with E-state index in [1.165, 1.54) is 25.1 Å². The summed E-state index contributed by atoms with van der Waals surface area (Å²) in [5.41, 5.74) is 0. The maximum absolute atomic E-state index is 3.58. The molecule has 2 heteroatoms. The summed E-state index contributed by atoms with van der Waals surface area (Å²) in [6, 6.07) is 0.762. The molecule has 1 nitrogen and oxygen atoms in total. The molecule has 0 saturated heterocycles. The van der Waals surface area contributed by atoms with Gasteiger partial charge < -0.3 is 5.32 Å². The van der Waals surface area contributed by atoms with E-state index in [-0.39, 0.29) is 0 Å². The number of hydrogen-bond donors (Lipinski definition) is 1. The van der Waals surface area contributed by atoms with Crippen LogP contribution < -0.4 is 5.32 Å². The van der Waals surface area contributed by atoms with Gasteiger partial charge in [-0.2, -0.15) is 11.8 Å². The van der Waals surface area contributed by atoms with Crippen molar-refractivity contribution in [1.29, 1.82) is 0 Å². The molecular formula is C10H21NS. The van der Waals surface area contributed by atoms with Crippen molar-refractivity contribution in [1.82, 2.24) is 5.32 Å². The first-order chi connectivity index (χ1) is 5.70. The lowest BCUT2D eigenvalue weighted by Crippen LogP contribution is -2.30. The van der Waals surface area contributed by atoms with E-state index in [0.29, 0.717) is 0 Å². The minimum Gasteiger partial charge on any atom is -0.313 e. The summed E-state index contributed by atoms with van der Waals surface area (Å²) in [4.78, 5) is 0. The Kier molecular flexibility index (Phi) is 4.44. The number of rotatable bonds is 6. The molecule has 1 aliphatic rings. The van der Waals surface area contributed by atoms with E-state index in [9.17, 15) is 0 Å². The molecule has 1 fully saturated rings. The van der Waals surface area contributed by atoms with E-state index in [2.05, 4.69) is 26.1 Å². The molecule has 1 unspecified atom stereocenters. The summed E-state index contributed by atoms with van der Waals surface area (Å²) in [7, 11) is 0. The number of hydrogen-bond acceptors (Lipinski definition) is 2. The van der Waals surface area contributed by atoms with E-state index in [1.54, 1.807) is 0 Å². The normalized spacial score (nSPS) is 20.0. The van der Waals surface area contributed by atoms with Gasteiger partial charge in [-0.1, -0.05) is 13.8 Å². The third kappa shape index (κ3) is 4.36. The van der Waals surface area contributed by atoms with Crippen LogP contribution in [0.4, 0.5) is 0 Å². The average molecular weight is 187 g/mol. The highest BCUT2D eigenvalue weighted by Crippen LogP contribution is 2.32. The summed E-state index contributed by atoms with van der Waals surface area (Å²) >= 11 is 2.04. The van der Waals surface area contributed by atoms with Gasteiger partial charge in [-0.15, -0.1) is 0 Å². The van der Waals surface area contributed by atoms with Crippen molar-refractivity contribution >= 4 is 11.8 Å². The zero-order chi connectivity index (χ0) is 8.97. The topological polar surface area (TPSA) is 12.0 Å². The Morgan fingerprint density at radius 3 is 2.50 bits per heavy atom. The first-order valence-electron chi connectivity index (χ1n) is 5.05. The minimum absolute atomic E-state index is 0.762. The lowest BCUT2D eigenvalue weighted by Gasteiger charge is -2.12. The van der Waals surface area contributed by atoms with Gasteiger partial charge in [-0.25, -0.2) is 0 Å². The fraction of sp³-hybridized carbons (Fsp3) is 1.00. The molecule has 0 spiro atoms. The number of nitrogens with one attached hydrogen (secondary N) is 1. The molecule has 0 amide bonds. The maximum Gasteiger partial charge on any atom is 0.00673 e. The Hall–Kier alpha value is 0.310. The van der Waals surface area contributed by atoms with Crippen molar-refractivity contribution < 1.29 is 0 Å². The minimum atomic E-state index is 0.762. The van der Waals surface area contributed by atoms with Gasteiger partial charge in [-0.3, -0.25) is 0 Å². The largest absolute Gasteiger partial charge is 0.313 e. The van der Waals surface area contributed by atoms with Crippen molar-refractivity contribution in [2.45, 2.75) is 44.9 Å². The Balaban J connectivity index is 1.87. The van der Waals surface area contributed by atoms with Crippen LogP contribution in [0.15, 0.2) is 0 Å². The molecule has 1 rings (SSSR count). The molecular weight excluding hydrogens is 166 g/mol. The average Bonchev–Trinajstić information content (AvgIpc) is 2.79. The van der Waals surface area contributed by atoms with E-state index in [4.69, 9.17) is 0 Å². The highest BCUT2D eigenvalue weighted by Gasteiger charge is 2.26. The molecule has 72 valence electrons. The molecule has 0 aromatic carbocycles. The van der Waals surface area contributed by atoms with Gasteiger partial charge in [0, 0.05) is 18.3 Å². The quantitative estimate of drug-likeness (QED) is 0.641. The SMILES string of the molecule is CC(C)SCCNC(C)C1CC1. The second kappa shape index (κ2) is 5.13. The van der Waals surface area contributed by atoms with Crippen molar-refractivity contribution in [3.8, 4) is 0 Å². The van der Waals surface area contributed by atoms with Gasteiger partial charge in [0.25, 0.3) is 0 Å². The Morgan fingerprint density at radius 1 is 1.33 bits per heavy atom. The molecule has 1 atom stereocenters. The van der Waals surface area contributed by atoms with E-state index >= 15 is 0 Å². The van der Waals surface area contributed by atoms with Crippen LogP contribution in [0.2, 0.25) is 0 Å². The number of thioether (sulfide) groups is 1. The fourth-order valence-corrected chi connectivity index (χ4v) is 2.05. The third-order valence-electron chi connectivity index (χ3n) is 2.35. The molecule has 1 aliphatic carbocycles. The van der Waals surface area contributed by atoms with Crippen LogP contribution >= 0.6 is 11.8 Å². The van der Waals surface area contributed by atoms with Crippen molar-refractivity contribution in [3.63, 3.8) is 0 Å². The smallest absolute Gasteiger partial charge is 0.00673 e. The second-order valence-electron chi connectivity index (χ2n) is 4.00. The third-order valence-corrected chi connectivity index (χ3v) is 3.46. The van der Waals surface area contributed by atoms with Crippen molar-refractivity contribution in [2.24, 2.45) is 5.92 Å². The van der Waals surface area contributed by atoms with Crippen LogP contribution in [0, 0.1) is 5.92 Å². The Bertz CT molecular complexity index is 121. The zero-order valence-electron chi connectivity index (χ0n) is 8.47. The standard InChI is InChI=1S/C10H21NS/c1-8(2)12-7-6-11-9(3)10-4-5-10/h8-11H,4-7H2,1-3H3. The van der Waals surface area contributed by atoms with E-state index in [1.807, 2.05) is 11.8 Å².